The normalized spacial score (nSPS) is 19.3. The van der Waals surface area contributed by atoms with Crippen molar-refractivity contribution in [3.05, 3.63) is 35.6 Å². The third kappa shape index (κ3) is 3.49. The van der Waals surface area contributed by atoms with Gasteiger partial charge in [0.1, 0.15) is 5.82 Å². The minimum Gasteiger partial charge on any atom is -0.392 e. The summed E-state index contributed by atoms with van der Waals surface area (Å²) in [5.41, 5.74) is 6.72. The van der Waals surface area contributed by atoms with Gasteiger partial charge in [-0.25, -0.2) is 4.39 Å². The minimum absolute atomic E-state index is 0.162. The van der Waals surface area contributed by atoms with E-state index in [1.165, 1.54) is 12.1 Å². The minimum atomic E-state index is -0.244. The molecule has 0 saturated carbocycles. The first kappa shape index (κ1) is 14.4. The molecular weight excluding hydrogens is 261 g/mol. The van der Waals surface area contributed by atoms with Crippen LogP contribution >= 0.6 is 12.2 Å². The molecule has 1 aromatic rings. The van der Waals surface area contributed by atoms with Crippen molar-refractivity contribution in [3.63, 3.8) is 0 Å². The fourth-order valence-electron chi connectivity index (χ4n) is 2.57. The van der Waals surface area contributed by atoms with Crippen molar-refractivity contribution in [2.75, 3.05) is 32.7 Å². The van der Waals surface area contributed by atoms with E-state index < -0.39 is 0 Å². The summed E-state index contributed by atoms with van der Waals surface area (Å²) < 4.78 is 13.4. The number of piperazine rings is 1. The van der Waals surface area contributed by atoms with Gasteiger partial charge in [0.25, 0.3) is 0 Å². The summed E-state index contributed by atoms with van der Waals surface area (Å²) in [6.07, 6.45) is 0. The van der Waals surface area contributed by atoms with E-state index in [4.69, 9.17) is 18.0 Å². The number of nitrogens with zero attached hydrogens (tertiary/aromatic N) is 2. The smallest absolute Gasteiger partial charge is 0.123 e. The van der Waals surface area contributed by atoms with Crippen molar-refractivity contribution in [1.29, 1.82) is 0 Å². The number of benzene rings is 1. The number of nitrogens with two attached hydrogens (primary N) is 1. The Morgan fingerprint density at radius 3 is 2.58 bits per heavy atom. The molecule has 0 amide bonds. The zero-order valence-corrected chi connectivity index (χ0v) is 12.0. The van der Waals surface area contributed by atoms with Gasteiger partial charge in [-0.05, 0) is 24.2 Å². The Balaban J connectivity index is 2.15. The van der Waals surface area contributed by atoms with Crippen LogP contribution in [0.1, 0.15) is 18.5 Å². The van der Waals surface area contributed by atoms with E-state index in [0.717, 1.165) is 38.3 Å². The van der Waals surface area contributed by atoms with Crippen molar-refractivity contribution in [3.8, 4) is 0 Å². The molecule has 2 N–H and O–H groups in total. The molecule has 1 fully saturated rings. The van der Waals surface area contributed by atoms with E-state index in [1.807, 2.05) is 6.07 Å². The number of hydrogen-bond acceptors (Lipinski definition) is 3. The van der Waals surface area contributed by atoms with Gasteiger partial charge in [-0.2, -0.15) is 0 Å². The maximum atomic E-state index is 13.4. The maximum Gasteiger partial charge on any atom is 0.123 e. The predicted molar refractivity (Wildman–Crippen MR) is 79.6 cm³/mol. The molecule has 0 spiro atoms. The summed E-state index contributed by atoms with van der Waals surface area (Å²) in [6.45, 7) is 7.05. The molecule has 1 aliphatic heterocycles. The van der Waals surface area contributed by atoms with Gasteiger partial charge < -0.3 is 10.6 Å². The zero-order chi connectivity index (χ0) is 13.8. The molecule has 1 aliphatic rings. The molecule has 0 radical (unpaired) electrons. The van der Waals surface area contributed by atoms with Crippen LogP contribution in [-0.4, -0.2) is 47.5 Å². The summed E-state index contributed by atoms with van der Waals surface area (Å²) in [5.74, 6) is -0.244. The number of hydrogen-bond donors (Lipinski definition) is 1. The van der Waals surface area contributed by atoms with Crippen LogP contribution in [0.15, 0.2) is 24.3 Å². The Morgan fingerprint density at radius 2 is 2.05 bits per heavy atom. The molecule has 1 saturated heterocycles. The molecule has 1 heterocycles. The van der Waals surface area contributed by atoms with Crippen LogP contribution in [0.25, 0.3) is 0 Å². The fraction of sp³-hybridized carbons (Fsp3) is 0.500. The summed E-state index contributed by atoms with van der Waals surface area (Å²) in [5, 5.41) is 0. The lowest BCUT2D eigenvalue weighted by atomic mass is 10.0. The standard InChI is InChI=1S/C14H20FN3S/c1-2-17-6-8-18(9-7-17)13(14(16)19)11-4-3-5-12(15)10-11/h3-5,10,13H,2,6-9H2,1H3,(H2,16,19). The second-order valence-electron chi connectivity index (χ2n) is 4.83. The van der Waals surface area contributed by atoms with E-state index in [-0.39, 0.29) is 11.9 Å². The lowest BCUT2D eigenvalue weighted by molar-refractivity contribution is 0.122. The molecule has 19 heavy (non-hydrogen) atoms. The van der Waals surface area contributed by atoms with Crippen LogP contribution in [0.4, 0.5) is 4.39 Å². The highest BCUT2D eigenvalue weighted by atomic mass is 32.1. The summed E-state index contributed by atoms with van der Waals surface area (Å²) >= 11 is 5.18. The van der Waals surface area contributed by atoms with E-state index in [9.17, 15) is 4.39 Å². The number of thiocarbonyl (C=S) groups is 1. The van der Waals surface area contributed by atoms with E-state index in [0.29, 0.717) is 4.99 Å². The van der Waals surface area contributed by atoms with Gasteiger partial charge in [0.05, 0.1) is 11.0 Å². The fourth-order valence-corrected chi connectivity index (χ4v) is 2.85. The van der Waals surface area contributed by atoms with E-state index in [2.05, 4.69) is 16.7 Å². The Hall–Kier alpha value is -1.04. The average Bonchev–Trinajstić information content (AvgIpc) is 2.39. The lowest BCUT2D eigenvalue weighted by Crippen LogP contribution is -2.49. The third-order valence-electron chi connectivity index (χ3n) is 3.65. The molecular formula is C14H20FN3S. The van der Waals surface area contributed by atoms with Crippen molar-refractivity contribution < 1.29 is 4.39 Å². The van der Waals surface area contributed by atoms with Gasteiger partial charge in [0.2, 0.25) is 0 Å². The Bertz CT molecular complexity index is 444. The monoisotopic (exact) mass is 281 g/mol. The van der Waals surface area contributed by atoms with Gasteiger partial charge in [0, 0.05) is 26.2 Å². The highest BCUT2D eigenvalue weighted by Crippen LogP contribution is 2.23. The highest BCUT2D eigenvalue weighted by Gasteiger charge is 2.26. The van der Waals surface area contributed by atoms with Crippen LogP contribution in [0, 0.1) is 5.82 Å². The summed E-state index contributed by atoms with van der Waals surface area (Å²) in [7, 11) is 0. The number of rotatable bonds is 4. The zero-order valence-electron chi connectivity index (χ0n) is 11.2. The molecule has 0 aromatic heterocycles. The molecule has 3 nitrogen and oxygen atoms in total. The van der Waals surface area contributed by atoms with Gasteiger partial charge >= 0.3 is 0 Å². The first-order chi connectivity index (χ1) is 9.11. The Kier molecular flexibility index (Phi) is 4.85. The van der Waals surface area contributed by atoms with Gasteiger partial charge in [-0.15, -0.1) is 0 Å². The molecule has 1 atom stereocenters. The van der Waals surface area contributed by atoms with Crippen molar-refractivity contribution in [1.82, 2.24) is 9.80 Å². The highest BCUT2D eigenvalue weighted by molar-refractivity contribution is 7.80. The Labute approximate surface area is 119 Å². The first-order valence-corrected chi connectivity index (χ1v) is 7.04. The molecule has 5 heteroatoms. The maximum absolute atomic E-state index is 13.4. The largest absolute Gasteiger partial charge is 0.392 e. The molecule has 1 unspecified atom stereocenters. The molecule has 2 rings (SSSR count). The number of likely N-dealkylation sites (N-methyl/N-ethyl adjacent to an activating group) is 1. The second kappa shape index (κ2) is 6.41. The SMILES string of the molecule is CCN1CCN(C(C(N)=S)c2cccc(F)c2)CC1. The first-order valence-electron chi connectivity index (χ1n) is 6.63. The average molecular weight is 281 g/mol. The van der Waals surface area contributed by atoms with Crippen LogP contribution in [0.5, 0.6) is 0 Å². The van der Waals surface area contributed by atoms with E-state index in [1.54, 1.807) is 6.07 Å². The van der Waals surface area contributed by atoms with Crippen LogP contribution in [-0.2, 0) is 0 Å². The molecule has 1 aromatic carbocycles. The van der Waals surface area contributed by atoms with Gasteiger partial charge in [0.15, 0.2) is 0 Å². The summed E-state index contributed by atoms with van der Waals surface area (Å²) in [6, 6.07) is 6.40. The van der Waals surface area contributed by atoms with Crippen LogP contribution < -0.4 is 5.73 Å². The second-order valence-corrected chi connectivity index (χ2v) is 5.30. The predicted octanol–water partition coefficient (Wildman–Crippen LogP) is 1.79. The molecule has 104 valence electrons. The number of halogens is 1. The van der Waals surface area contributed by atoms with Crippen molar-refractivity contribution >= 4 is 17.2 Å². The topological polar surface area (TPSA) is 32.5 Å². The third-order valence-corrected chi connectivity index (χ3v) is 3.88. The van der Waals surface area contributed by atoms with Gasteiger partial charge in [-0.3, -0.25) is 4.90 Å². The lowest BCUT2D eigenvalue weighted by Gasteiger charge is -2.38. The molecule has 0 bridgehead atoms. The van der Waals surface area contributed by atoms with Crippen LogP contribution in [0.2, 0.25) is 0 Å². The summed E-state index contributed by atoms with van der Waals surface area (Å²) in [4.78, 5) is 5.04. The quantitative estimate of drug-likeness (QED) is 0.853. The van der Waals surface area contributed by atoms with Crippen molar-refractivity contribution in [2.24, 2.45) is 5.73 Å². The van der Waals surface area contributed by atoms with Crippen molar-refractivity contribution in [2.45, 2.75) is 13.0 Å². The molecule has 0 aliphatic carbocycles. The Morgan fingerprint density at radius 1 is 1.37 bits per heavy atom. The van der Waals surface area contributed by atoms with Gasteiger partial charge in [-0.1, -0.05) is 31.3 Å². The van der Waals surface area contributed by atoms with E-state index >= 15 is 0 Å². The van der Waals surface area contributed by atoms with Crippen LogP contribution in [0.3, 0.4) is 0 Å².